The Morgan fingerprint density at radius 1 is 1.05 bits per heavy atom. The Morgan fingerprint density at radius 3 is 2.59 bits per heavy atom. The molecule has 1 aliphatic rings. The average Bonchev–Trinajstić information content (AvgIpc) is 3.33. The van der Waals surface area contributed by atoms with Crippen LogP contribution in [0.15, 0.2) is 60.9 Å². The second-order valence-corrected chi connectivity index (χ2v) is 10.1. The van der Waals surface area contributed by atoms with Crippen LogP contribution < -0.4 is 20.3 Å². The van der Waals surface area contributed by atoms with Gasteiger partial charge < -0.3 is 29.7 Å². The predicted octanol–water partition coefficient (Wildman–Crippen LogP) is 5.20. The standard InChI is InChI=1S/C29H32ClN7O2/c1-19-6-5-7-22(30)27(19)34-28(38)20-16-25(36(3)18-20)23-10-11-31-29(32-23)33-24-9-8-21(17-26(24)39-4)37-14-12-35(2)13-15-37/h5-11,16-18H,12-15H2,1-4H3,(H,34,38)(H,31,32,33). The molecule has 0 saturated carbocycles. The number of aromatic nitrogens is 3. The van der Waals surface area contributed by atoms with Gasteiger partial charge in [-0.3, -0.25) is 4.79 Å². The van der Waals surface area contributed by atoms with Crippen molar-refractivity contribution in [1.29, 1.82) is 0 Å². The fraction of sp³-hybridized carbons (Fsp3) is 0.276. The van der Waals surface area contributed by atoms with Crippen molar-refractivity contribution in [3.05, 3.63) is 77.1 Å². The second kappa shape index (κ2) is 11.3. The van der Waals surface area contributed by atoms with Crippen molar-refractivity contribution in [3.63, 3.8) is 0 Å². The summed E-state index contributed by atoms with van der Waals surface area (Å²) in [4.78, 5) is 26.8. The lowest BCUT2D eigenvalue weighted by molar-refractivity contribution is 0.102. The van der Waals surface area contributed by atoms with E-state index in [1.54, 1.807) is 31.6 Å². The van der Waals surface area contributed by atoms with Gasteiger partial charge in [-0.2, -0.15) is 0 Å². The Bertz CT molecular complexity index is 1470. The number of carbonyl (C=O) groups excluding carboxylic acids is 1. The summed E-state index contributed by atoms with van der Waals surface area (Å²) in [5.41, 5.74) is 5.36. The lowest BCUT2D eigenvalue weighted by Crippen LogP contribution is -2.44. The van der Waals surface area contributed by atoms with Crippen LogP contribution in [0, 0.1) is 6.92 Å². The maximum atomic E-state index is 13.0. The maximum absolute atomic E-state index is 13.0. The van der Waals surface area contributed by atoms with Crippen molar-refractivity contribution >= 4 is 40.5 Å². The topological polar surface area (TPSA) is 87.5 Å². The summed E-state index contributed by atoms with van der Waals surface area (Å²) in [6, 6.07) is 15.2. The molecule has 3 heterocycles. The number of halogens is 1. The number of likely N-dealkylation sites (N-methyl/N-ethyl adjacent to an activating group) is 1. The highest BCUT2D eigenvalue weighted by molar-refractivity contribution is 6.34. The molecule has 39 heavy (non-hydrogen) atoms. The monoisotopic (exact) mass is 545 g/mol. The van der Waals surface area contributed by atoms with Crippen LogP contribution in [0.5, 0.6) is 5.75 Å². The van der Waals surface area contributed by atoms with Crippen LogP contribution in [0.25, 0.3) is 11.4 Å². The highest BCUT2D eigenvalue weighted by Crippen LogP contribution is 2.32. The van der Waals surface area contributed by atoms with E-state index in [2.05, 4.69) is 38.5 Å². The average molecular weight is 546 g/mol. The molecular formula is C29H32ClN7O2. The summed E-state index contributed by atoms with van der Waals surface area (Å²) in [7, 11) is 5.68. The summed E-state index contributed by atoms with van der Waals surface area (Å²) in [5, 5.41) is 6.71. The van der Waals surface area contributed by atoms with Gasteiger partial charge in [0.05, 0.1) is 40.5 Å². The highest BCUT2D eigenvalue weighted by Gasteiger charge is 2.18. The number of aryl methyl sites for hydroxylation is 2. The van der Waals surface area contributed by atoms with E-state index in [4.69, 9.17) is 21.3 Å². The van der Waals surface area contributed by atoms with Crippen molar-refractivity contribution < 1.29 is 9.53 Å². The Labute approximate surface area is 233 Å². The molecule has 1 aliphatic heterocycles. The third kappa shape index (κ3) is 5.84. The second-order valence-electron chi connectivity index (χ2n) is 9.68. The zero-order chi connectivity index (χ0) is 27.5. The molecule has 0 atom stereocenters. The van der Waals surface area contributed by atoms with E-state index in [1.165, 1.54) is 0 Å². The van der Waals surface area contributed by atoms with Crippen LogP contribution in [0.2, 0.25) is 5.02 Å². The van der Waals surface area contributed by atoms with E-state index >= 15 is 0 Å². The van der Waals surface area contributed by atoms with E-state index < -0.39 is 0 Å². The molecule has 1 fully saturated rings. The van der Waals surface area contributed by atoms with Crippen molar-refractivity contribution in [3.8, 4) is 17.1 Å². The van der Waals surface area contributed by atoms with Gasteiger partial charge in [0.25, 0.3) is 5.91 Å². The first-order valence-electron chi connectivity index (χ1n) is 12.8. The summed E-state index contributed by atoms with van der Waals surface area (Å²) in [6.45, 7) is 5.93. The Balaban J connectivity index is 1.34. The summed E-state index contributed by atoms with van der Waals surface area (Å²) in [5.74, 6) is 0.899. The van der Waals surface area contributed by atoms with Gasteiger partial charge in [0, 0.05) is 57.4 Å². The number of piperazine rings is 1. The fourth-order valence-corrected chi connectivity index (χ4v) is 4.91. The van der Waals surface area contributed by atoms with Crippen molar-refractivity contribution in [2.24, 2.45) is 7.05 Å². The van der Waals surface area contributed by atoms with Gasteiger partial charge in [0.15, 0.2) is 0 Å². The molecule has 0 unspecified atom stereocenters. The largest absolute Gasteiger partial charge is 0.494 e. The van der Waals surface area contributed by atoms with Gasteiger partial charge in [-0.15, -0.1) is 0 Å². The minimum atomic E-state index is -0.245. The molecule has 2 N–H and O–H groups in total. The number of benzene rings is 2. The summed E-state index contributed by atoms with van der Waals surface area (Å²) >= 11 is 6.30. The fourth-order valence-electron chi connectivity index (χ4n) is 4.65. The number of nitrogens with zero attached hydrogens (tertiary/aromatic N) is 5. The first-order chi connectivity index (χ1) is 18.8. The Morgan fingerprint density at radius 2 is 1.85 bits per heavy atom. The molecule has 2 aromatic carbocycles. The minimum Gasteiger partial charge on any atom is -0.494 e. The molecule has 0 bridgehead atoms. The van der Waals surface area contributed by atoms with Crippen LogP contribution in [0.4, 0.5) is 23.0 Å². The number of rotatable bonds is 7. The van der Waals surface area contributed by atoms with Crippen LogP contribution in [-0.4, -0.2) is 65.7 Å². The van der Waals surface area contributed by atoms with E-state index in [-0.39, 0.29) is 5.91 Å². The molecule has 0 spiro atoms. The number of hydrogen-bond donors (Lipinski definition) is 2. The molecule has 1 saturated heterocycles. The van der Waals surface area contributed by atoms with Gasteiger partial charge in [0.2, 0.25) is 5.95 Å². The minimum absolute atomic E-state index is 0.245. The number of nitrogens with one attached hydrogen (secondary N) is 2. The number of anilines is 4. The summed E-state index contributed by atoms with van der Waals surface area (Å²) in [6.07, 6.45) is 3.46. The molecular weight excluding hydrogens is 514 g/mol. The first-order valence-corrected chi connectivity index (χ1v) is 13.1. The van der Waals surface area contributed by atoms with Gasteiger partial charge in [-0.05, 0) is 49.9 Å². The number of ether oxygens (including phenoxy) is 1. The molecule has 10 heteroatoms. The van der Waals surface area contributed by atoms with Crippen molar-refractivity contribution in [2.45, 2.75) is 6.92 Å². The Kier molecular flexibility index (Phi) is 7.72. The molecule has 2 aromatic heterocycles. The normalized spacial score (nSPS) is 13.8. The lowest BCUT2D eigenvalue weighted by Gasteiger charge is -2.34. The van der Waals surface area contributed by atoms with Crippen LogP contribution in [0.3, 0.4) is 0 Å². The number of amides is 1. The lowest BCUT2D eigenvalue weighted by atomic mass is 10.2. The van der Waals surface area contributed by atoms with Crippen LogP contribution in [-0.2, 0) is 7.05 Å². The molecule has 0 aliphatic carbocycles. The molecule has 202 valence electrons. The van der Waals surface area contributed by atoms with E-state index in [0.29, 0.717) is 33.7 Å². The SMILES string of the molecule is COc1cc(N2CCN(C)CC2)ccc1Nc1nccc(-c2cc(C(=O)Nc3c(C)cccc3Cl)cn2C)n1. The van der Waals surface area contributed by atoms with Gasteiger partial charge in [-0.25, -0.2) is 9.97 Å². The molecule has 5 rings (SSSR count). The summed E-state index contributed by atoms with van der Waals surface area (Å²) < 4.78 is 7.55. The predicted molar refractivity (Wildman–Crippen MR) is 157 cm³/mol. The number of hydrogen-bond acceptors (Lipinski definition) is 7. The Hall–Kier alpha value is -4.08. The zero-order valence-corrected chi connectivity index (χ0v) is 23.3. The number of para-hydroxylation sites is 1. The first kappa shape index (κ1) is 26.5. The van der Waals surface area contributed by atoms with Crippen LogP contribution >= 0.6 is 11.6 Å². The molecule has 4 aromatic rings. The third-order valence-corrected chi connectivity index (χ3v) is 7.26. The molecule has 1 amide bonds. The number of methoxy groups -OCH3 is 1. The van der Waals surface area contributed by atoms with Crippen molar-refractivity contribution in [2.75, 3.05) is 55.9 Å². The highest BCUT2D eigenvalue weighted by atomic mass is 35.5. The van der Waals surface area contributed by atoms with Gasteiger partial charge in [0.1, 0.15) is 5.75 Å². The smallest absolute Gasteiger partial charge is 0.257 e. The van der Waals surface area contributed by atoms with Gasteiger partial charge >= 0.3 is 0 Å². The zero-order valence-electron chi connectivity index (χ0n) is 22.5. The van der Waals surface area contributed by atoms with E-state index in [0.717, 1.165) is 48.8 Å². The third-order valence-electron chi connectivity index (χ3n) is 6.95. The van der Waals surface area contributed by atoms with E-state index in [1.807, 2.05) is 48.9 Å². The maximum Gasteiger partial charge on any atom is 0.257 e. The van der Waals surface area contributed by atoms with Crippen LogP contribution in [0.1, 0.15) is 15.9 Å². The van der Waals surface area contributed by atoms with E-state index in [9.17, 15) is 4.79 Å². The number of carbonyl (C=O) groups is 1. The molecule has 0 radical (unpaired) electrons. The van der Waals surface area contributed by atoms with Crippen molar-refractivity contribution in [1.82, 2.24) is 19.4 Å². The quantitative estimate of drug-likeness (QED) is 0.330. The molecule has 9 nitrogen and oxygen atoms in total. The van der Waals surface area contributed by atoms with Gasteiger partial charge in [-0.1, -0.05) is 23.7 Å².